The number of nitrogens with one attached hydrogen (secondary N) is 1. The van der Waals surface area contributed by atoms with E-state index in [0.717, 1.165) is 22.8 Å². The highest BCUT2D eigenvalue weighted by Gasteiger charge is 2.06. The number of pyridine rings is 1. The van der Waals surface area contributed by atoms with Gasteiger partial charge in [0, 0.05) is 40.3 Å². The SMILES string of the molecule is CC/C=c1/ccc2cncc3ccc(C=N)c1c32. The summed E-state index contributed by atoms with van der Waals surface area (Å²) in [5, 5.41) is 13.5. The van der Waals surface area contributed by atoms with Gasteiger partial charge in [-0.2, -0.15) is 0 Å². The molecule has 2 nitrogen and oxygen atoms in total. The number of aromatic nitrogens is 1. The Kier molecular flexibility index (Phi) is 2.56. The third-order valence-electron chi connectivity index (χ3n) is 3.30. The first kappa shape index (κ1) is 10.9. The Labute approximate surface area is 105 Å². The molecule has 2 heteroatoms. The molecule has 0 saturated heterocycles. The van der Waals surface area contributed by atoms with E-state index < -0.39 is 0 Å². The third-order valence-corrected chi connectivity index (χ3v) is 3.30. The molecule has 0 saturated carbocycles. The van der Waals surface area contributed by atoms with E-state index in [1.807, 2.05) is 24.5 Å². The first-order valence-electron chi connectivity index (χ1n) is 6.15. The summed E-state index contributed by atoms with van der Waals surface area (Å²) in [6.45, 7) is 2.13. The second-order valence-electron chi connectivity index (χ2n) is 4.40. The maximum atomic E-state index is 7.59. The van der Waals surface area contributed by atoms with Gasteiger partial charge in [0.15, 0.2) is 0 Å². The summed E-state index contributed by atoms with van der Waals surface area (Å²) in [6.07, 6.45) is 8.41. The van der Waals surface area contributed by atoms with Gasteiger partial charge in [0.1, 0.15) is 0 Å². The standard InChI is InChI=1S/C16H14N2/c1-2-3-11-4-6-13-9-18-10-14-7-5-12(8-17)15(11)16(13)14/h3-10,17H,2H2,1H3/b11-3-,17-8?. The molecular weight excluding hydrogens is 220 g/mol. The van der Waals surface area contributed by atoms with Crippen LogP contribution in [0.5, 0.6) is 0 Å². The molecule has 1 heterocycles. The van der Waals surface area contributed by atoms with E-state index in [1.54, 1.807) is 0 Å². The minimum absolute atomic E-state index is 0.971. The lowest BCUT2D eigenvalue weighted by Crippen LogP contribution is -2.05. The van der Waals surface area contributed by atoms with Crippen LogP contribution in [0.4, 0.5) is 0 Å². The minimum Gasteiger partial charge on any atom is -0.308 e. The lowest BCUT2D eigenvalue weighted by atomic mass is 9.97. The monoisotopic (exact) mass is 234 g/mol. The highest BCUT2D eigenvalue weighted by Crippen LogP contribution is 2.25. The lowest BCUT2D eigenvalue weighted by Gasteiger charge is -2.08. The zero-order chi connectivity index (χ0) is 12.5. The molecule has 0 radical (unpaired) electrons. The molecule has 0 spiro atoms. The molecule has 88 valence electrons. The van der Waals surface area contributed by atoms with Gasteiger partial charge in [0.05, 0.1) is 0 Å². The van der Waals surface area contributed by atoms with Crippen LogP contribution >= 0.6 is 0 Å². The highest BCUT2D eigenvalue weighted by atomic mass is 14.6. The van der Waals surface area contributed by atoms with Gasteiger partial charge in [0.25, 0.3) is 0 Å². The van der Waals surface area contributed by atoms with Crippen LogP contribution in [0.25, 0.3) is 27.6 Å². The van der Waals surface area contributed by atoms with Crippen molar-refractivity contribution in [1.82, 2.24) is 4.98 Å². The van der Waals surface area contributed by atoms with E-state index in [-0.39, 0.29) is 0 Å². The Hall–Kier alpha value is -2.22. The summed E-state index contributed by atoms with van der Waals surface area (Å²) in [7, 11) is 0. The molecule has 3 rings (SSSR count). The maximum Gasteiger partial charge on any atom is 0.0347 e. The van der Waals surface area contributed by atoms with E-state index >= 15 is 0 Å². The topological polar surface area (TPSA) is 36.7 Å². The third kappa shape index (κ3) is 1.50. The molecule has 3 aromatic rings. The van der Waals surface area contributed by atoms with Crippen molar-refractivity contribution in [3.8, 4) is 0 Å². The van der Waals surface area contributed by atoms with Crippen molar-refractivity contribution in [2.45, 2.75) is 13.3 Å². The fourth-order valence-corrected chi connectivity index (χ4v) is 2.53. The molecule has 0 aliphatic rings. The number of nitrogens with zero attached hydrogens (tertiary/aromatic N) is 1. The van der Waals surface area contributed by atoms with Crippen LogP contribution < -0.4 is 5.22 Å². The van der Waals surface area contributed by atoms with Crippen molar-refractivity contribution >= 4 is 33.8 Å². The van der Waals surface area contributed by atoms with Gasteiger partial charge in [-0.3, -0.25) is 4.98 Å². The van der Waals surface area contributed by atoms with Gasteiger partial charge in [-0.05, 0) is 17.0 Å². The Balaban J connectivity index is 2.65. The molecule has 1 N–H and O–H groups in total. The average Bonchev–Trinajstić information content (AvgIpc) is 2.42. The average molecular weight is 234 g/mol. The fourth-order valence-electron chi connectivity index (χ4n) is 2.53. The highest BCUT2D eigenvalue weighted by molar-refractivity contribution is 6.14. The molecule has 0 fully saturated rings. The molecular formula is C16H14N2. The molecule has 0 amide bonds. The predicted octanol–water partition coefficient (Wildman–Crippen LogP) is 3.30. The van der Waals surface area contributed by atoms with Crippen molar-refractivity contribution in [3.63, 3.8) is 0 Å². The number of rotatable bonds is 2. The van der Waals surface area contributed by atoms with Crippen LogP contribution in [0.3, 0.4) is 0 Å². The fraction of sp³-hybridized carbons (Fsp3) is 0.125. The molecule has 0 unspecified atom stereocenters. The lowest BCUT2D eigenvalue weighted by molar-refractivity contribution is 1.29. The zero-order valence-electron chi connectivity index (χ0n) is 10.3. The predicted molar refractivity (Wildman–Crippen MR) is 77.1 cm³/mol. The molecule has 0 aliphatic carbocycles. The maximum absolute atomic E-state index is 7.59. The summed E-state index contributed by atoms with van der Waals surface area (Å²) >= 11 is 0. The second kappa shape index (κ2) is 4.22. The van der Waals surface area contributed by atoms with Crippen molar-refractivity contribution in [3.05, 3.63) is 47.4 Å². The molecule has 18 heavy (non-hydrogen) atoms. The Morgan fingerprint density at radius 2 is 1.78 bits per heavy atom. The number of hydrogen-bond donors (Lipinski definition) is 1. The van der Waals surface area contributed by atoms with Crippen LogP contribution in [0.15, 0.2) is 36.7 Å². The van der Waals surface area contributed by atoms with Crippen LogP contribution in [0.1, 0.15) is 18.9 Å². The Morgan fingerprint density at radius 3 is 2.44 bits per heavy atom. The molecule has 2 aromatic carbocycles. The van der Waals surface area contributed by atoms with E-state index in [0.29, 0.717) is 0 Å². The van der Waals surface area contributed by atoms with Gasteiger partial charge in [-0.1, -0.05) is 37.3 Å². The van der Waals surface area contributed by atoms with Crippen molar-refractivity contribution < 1.29 is 0 Å². The summed E-state index contributed by atoms with van der Waals surface area (Å²) in [4.78, 5) is 4.26. The van der Waals surface area contributed by atoms with E-state index in [1.165, 1.54) is 22.2 Å². The van der Waals surface area contributed by atoms with Crippen molar-refractivity contribution in [1.29, 1.82) is 5.41 Å². The molecule has 0 aliphatic heterocycles. The van der Waals surface area contributed by atoms with Crippen molar-refractivity contribution in [2.75, 3.05) is 0 Å². The van der Waals surface area contributed by atoms with Gasteiger partial charge < -0.3 is 5.41 Å². The van der Waals surface area contributed by atoms with Crippen LogP contribution in [-0.2, 0) is 0 Å². The van der Waals surface area contributed by atoms with Gasteiger partial charge in [-0.25, -0.2) is 0 Å². The Bertz CT molecular complexity index is 772. The van der Waals surface area contributed by atoms with Crippen LogP contribution in [-0.4, -0.2) is 11.2 Å². The summed E-state index contributed by atoms with van der Waals surface area (Å²) in [5.74, 6) is 0. The van der Waals surface area contributed by atoms with Crippen molar-refractivity contribution in [2.24, 2.45) is 0 Å². The summed E-state index contributed by atoms with van der Waals surface area (Å²) < 4.78 is 0. The number of hydrogen-bond acceptors (Lipinski definition) is 2. The second-order valence-corrected chi connectivity index (χ2v) is 4.40. The first-order chi connectivity index (χ1) is 8.85. The quantitative estimate of drug-likeness (QED) is 0.679. The van der Waals surface area contributed by atoms with Crippen LogP contribution in [0, 0.1) is 5.41 Å². The summed E-state index contributed by atoms with van der Waals surface area (Å²) in [5.41, 5.74) is 0.971. The van der Waals surface area contributed by atoms with E-state index in [2.05, 4.69) is 30.1 Å². The Morgan fingerprint density at radius 1 is 1.06 bits per heavy atom. The molecule has 1 aromatic heterocycles. The first-order valence-corrected chi connectivity index (χ1v) is 6.15. The normalized spacial score (nSPS) is 12.4. The summed E-state index contributed by atoms with van der Waals surface area (Å²) in [6, 6.07) is 8.27. The van der Waals surface area contributed by atoms with Crippen LogP contribution in [0.2, 0.25) is 0 Å². The zero-order valence-corrected chi connectivity index (χ0v) is 10.3. The largest absolute Gasteiger partial charge is 0.308 e. The number of benzene rings is 2. The van der Waals surface area contributed by atoms with Gasteiger partial charge in [-0.15, -0.1) is 0 Å². The minimum atomic E-state index is 0.971. The molecule has 0 atom stereocenters. The smallest absolute Gasteiger partial charge is 0.0347 e. The van der Waals surface area contributed by atoms with E-state index in [4.69, 9.17) is 5.41 Å². The van der Waals surface area contributed by atoms with Gasteiger partial charge >= 0.3 is 0 Å². The molecule has 0 bridgehead atoms. The van der Waals surface area contributed by atoms with Gasteiger partial charge in [0.2, 0.25) is 0 Å². The van der Waals surface area contributed by atoms with E-state index in [9.17, 15) is 0 Å².